The van der Waals surface area contributed by atoms with Crippen LogP contribution in [0.15, 0.2) is 18.2 Å². The van der Waals surface area contributed by atoms with E-state index in [-0.39, 0.29) is 0 Å². The fourth-order valence-electron chi connectivity index (χ4n) is 1.94. The van der Waals surface area contributed by atoms with E-state index in [4.69, 9.17) is 21.4 Å². The van der Waals surface area contributed by atoms with Crippen LogP contribution < -0.4 is 9.64 Å². The smallest absolute Gasteiger partial charge is 0.308 e. The van der Waals surface area contributed by atoms with Crippen molar-refractivity contribution in [1.82, 2.24) is 0 Å². The zero-order valence-corrected chi connectivity index (χ0v) is 13.0. The van der Waals surface area contributed by atoms with Crippen molar-refractivity contribution in [1.29, 1.82) is 0 Å². The van der Waals surface area contributed by atoms with E-state index < -0.39 is 11.9 Å². The third-order valence-corrected chi connectivity index (χ3v) is 3.49. The van der Waals surface area contributed by atoms with Gasteiger partial charge in [0.05, 0.1) is 18.1 Å². The van der Waals surface area contributed by atoms with E-state index in [0.717, 1.165) is 25.1 Å². The molecular formula is C15H22ClNO3. The van der Waals surface area contributed by atoms with Gasteiger partial charge in [-0.15, -0.1) is 0 Å². The number of ether oxygens (including phenoxy) is 1. The Bertz CT molecular complexity index is 451. The van der Waals surface area contributed by atoms with Gasteiger partial charge in [0.25, 0.3) is 0 Å². The van der Waals surface area contributed by atoms with E-state index >= 15 is 0 Å². The number of benzene rings is 1. The van der Waals surface area contributed by atoms with Gasteiger partial charge in [-0.05, 0) is 24.6 Å². The maximum atomic E-state index is 11.0. The van der Waals surface area contributed by atoms with Crippen LogP contribution in [0.5, 0.6) is 5.75 Å². The molecule has 0 fully saturated rings. The molecule has 0 saturated carbocycles. The Morgan fingerprint density at radius 3 is 2.70 bits per heavy atom. The van der Waals surface area contributed by atoms with Crippen molar-refractivity contribution < 1.29 is 14.6 Å². The predicted molar refractivity (Wildman–Crippen MR) is 81.9 cm³/mol. The standard InChI is InChI=1S/C15H22ClNO3/c1-4-5-8-17(10-11(2)15(18)19)12-6-7-14(20-3)13(16)9-12/h6-7,9,11H,4-5,8,10H2,1-3H3,(H,18,19). The maximum Gasteiger partial charge on any atom is 0.308 e. The molecule has 5 heteroatoms. The molecule has 0 bridgehead atoms. The van der Waals surface area contributed by atoms with Crippen LogP contribution in [0.3, 0.4) is 0 Å². The van der Waals surface area contributed by atoms with Gasteiger partial charge in [-0.1, -0.05) is 31.9 Å². The van der Waals surface area contributed by atoms with Crippen LogP contribution in [0.25, 0.3) is 0 Å². The number of hydrogen-bond donors (Lipinski definition) is 1. The Balaban J connectivity index is 2.91. The molecule has 1 atom stereocenters. The molecule has 0 saturated heterocycles. The number of methoxy groups -OCH3 is 1. The number of carbonyl (C=O) groups is 1. The molecular weight excluding hydrogens is 278 g/mol. The summed E-state index contributed by atoms with van der Waals surface area (Å²) >= 11 is 6.14. The average molecular weight is 300 g/mol. The first kappa shape index (κ1) is 16.6. The lowest BCUT2D eigenvalue weighted by Crippen LogP contribution is -2.32. The molecule has 1 N–H and O–H groups in total. The average Bonchev–Trinajstić information content (AvgIpc) is 2.42. The monoisotopic (exact) mass is 299 g/mol. The molecule has 0 radical (unpaired) electrons. The first-order chi connectivity index (χ1) is 9.49. The van der Waals surface area contributed by atoms with Gasteiger partial charge in [0.1, 0.15) is 5.75 Å². The summed E-state index contributed by atoms with van der Waals surface area (Å²) < 4.78 is 5.14. The van der Waals surface area contributed by atoms with E-state index in [1.807, 2.05) is 18.2 Å². The van der Waals surface area contributed by atoms with Crippen LogP contribution in [-0.2, 0) is 4.79 Å². The molecule has 0 heterocycles. The summed E-state index contributed by atoms with van der Waals surface area (Å²) in [5.41, 5.74) is 0.928. The van der Waals surface area contributed by atoms with Gasteiger partial charge in [0, 0.05) is 18.8 Å². The van der Waals surface area contributed by atoms with Gasteiger partial charge in [0.2, 0.25) is 0 Å². The largest absolute Gasteiger partial charge is 0.495 e. The zero-order chi connectivity index (χ0) is 15.1. The molecule has 112 valence electrons. The number of rotatable bonds is 8. The minimum absolute atomic E-state index is 0.423. The normalized spacial score (nSPS) is 12.0. The molecule has 1 aromatic carbocycles. The molecule has 1 rings (SSSR count). The highest BCUT2D eigenvalue weighted by Gasteiger charge is 2.17. The molecule has 0 amide bonds. The summed E-state index contributed by atoms with van der Waals surface area (Å²) in [5.74, 6) is -0.587. The van der Waals surface area contributed by atoms with Crippen molar-refractivity contribution in [3.8, 4) is 5.75 Å². The number of halogens is 1. The quantitative estimate of drug-likeness (QED) is 0.795. The number of hydrogen-bond acceptors (Lipinski definition) is 3. The number of nitrogens with zero attached hydrogens (tertiary/aromatic N) is 1. The van der Waals surface area contributed by atoms with E-state index in [1.54, 1.807) is 14.0 Å². The number of unbranched alkanes of at least 4 members (excludes halogenated alkanes) is 1. The molecule has 20 heavy (non-hydrogen) atoms. The van der Waals surface area contributed by atoms with E-state index in [2.05, 4.69) is 11.8 Å². The summed E-state index contributed by atoms with van der Waals surface area (Å²) in [6, 6.07) is 5.54. The molecule has 0 aliphatic carbocycles. The maximum absolute atomic E-state index is 11.0. The van der Waals surface area contributed by atoms with E-state index in [1.165, 1.54) is 0 Å². The Morgan fingerprint density at radius 1 is 1.50 bits per heavy atom. The molecule has 1 unspecified atom stereocenters. The zero-order valence-electron chi connectivity index (χ0n) is 12.2. The fraction of sp³-hybridized carbons (Fsp3) is 0.533. The molecule has 0 aromatic heterocycles. The van der Waals surface area contributed by atoms with Gasteiger partial charge in [0.15, 0.2) is 0 Å². The lowest BCUT2D eigenvalue weighted by molar-refractivity contribution is -0.140. The summed E-state index contributed by atoms with van der Waals surface area (Å²) in [6.07, 6.45) is 2.07. The van der Waals surface area contributed by atoms with Crippen LogP contribution in [0.4, 0.5) is 5.69 Å². The van der Waals surface area contributed by atoms with Crippen LogP contribution in [0.2, 0.25) is 5.02 Å². The highest BCUT2D eigenvalue weighted by molar-refractivity contribution is 6.32. The topological polar surface area (TPSA) is 49.8 Å². The van der Waals surface area contributed by atoms with Crippen molar-refractivity contribution in [3.63, 3.8) is 0 Å². The molecule has 0 aliphatic heterocycles. The third-order valence-electron chi connectivity index (χ3n) is 3.20. The van der Waals surface area contributed by atoms with Crippen LogP contribution in [-0.4, -0.2) is 31.3 Å². The Kier molecular flexibility index (Phi) is 6.65. The Morgan fingerprint density at radius 2 is 2.20 bits per heavy atom. The second-order valence-corrected chi connectivity index (χ2v) is 5.26. The Hall–Kier alpha value is -1.42. The summed E-state index contributed by atoms with van der Waals surface area (Å²) in [5, 5.41) is 9.60. The van der Waals surface area contributed by atoms with Crippen molar-refractivity contribution in [2.45, 2.75) is 26.7 Å². The second kappa shape index (κ2) is 8.00. The molecule has 0 spiro atoms. The SMILES string of the molecule is CCCCN(CC(C)C(=O)O)c1ccc(OC)c(Cl)c1. The lowest BCUT2D eigenvalue weighted by Gasteiger charge is -2.27. The van der Waals surface area contributed by atoms with Crippen LogP contribution in [0, 0.1) is 5.92 Å². The van der Waals surface area contributed by atoms with Gasteiger partial charge in [-0.3, -0.25) is 4.79 Å². The van der Waals surface area contributed by atoms with Crippen molar-refractivity contribution in [2.75, 3.05) is 25.1 Å². The lowest BCUT2D eigenvalue weighted by atomic mass is 10.1. The number of carboxylic acid groups (broad SMARTS) is 1. The van der Waals surface area contributed by atoms with Gasteiger partial charge in [-0.2, -0.15) is 0 Å². The third kappa shape index (κ3) is 4.60. The minimum atomic E-state index is -0.786. The number of carboxylic acids is 1. The summed E-state index contributed by atoms with van der Waals surface area (Å²) in [4.78, 5) is 13.1. The number of aliphatic carboxylic acids is 1. The first-order valence-electron chi connectivity index (χ1n) is 6.80. The highest BCUT2D eigenvalue weighted by Crippen LogP contribution is 2.29. The Labute approximate surface area is 125 Å². The van der Waals surface area contributed by atoms with Crippen LogP contribution in [0.1, 0.15) is 26.7 Å². The van der Waals surface area contributed by atoms with E-state index in [0.29, 0.717) is 17.3 Å². The fourth-order valence-corrected chi connectivity index (χ4v) is 2.19. The number of anilines is 1. The van der Waals surface area contributed by atoms with Crippen molar-refractivity contribution in [3.05, 3.63) is 23.2 Å². The molecule has 4 nitrogen and oxygen atoms in total. The van der Waals surface area contributed by atoms with Crippen LogP contribution >= 0.6 is 11.6 Å². The van der Waals surface area contributed by atoms with Crippen molar-refractivity contribution >= 4 is 23.3 Å². The summed E-state index contributed by atoms with van der Waals surface area (Å²) in [7, 11) is 1.57. The minimum Gasteiger partial charge on any atom is -0.495 e. The molecule has 1 aromatic rings. The van der Waals surface area contributed by atoms with E-state index in [9.17, 15) is 4.79 Å². The first-order valence-corrected chi connectivity index (χ1v) is 7.18. The predicted octanol–water partition coefficient (Wildman–Crippen LogP) is 3.68. The van der Waals surface area contributed by atoms with Gasteiger partial charge < -0.3 is 14.7 Å². The molecule has 0 aliphatic rings. The van der Waals surface area contributed by atoms with Gasteiger partial charge in [-0.25, -0.2) is 0 Å². The van der Waals surface area contributed by atoms with Crippen molar-refractivity contribution in [2.24, 2.45) is 5.92 Å². The van der Waals surface area contributed by atoms with Gasteiger partial charge >= 0.3 is 5.97 Å². The highest BCUT2D eigenvalue weighted by atomic mass is 35.5. The summed E-state index contributed by atoms with van der Waals surface area (Å²) in [6.45, 7) is 5.11. The second-order valence-electron chi connectivity index (χ2n) is 4.86.